The maximum atomic E-state index is 10.9. The van der Waals surface area contributed by atoms with E-state index in [1.54, 1.807) is 0 Å². The summed E-state index contributed by atoms with van der Waals surface area (Å²) in [6.07, 6.45) is -12.0. The highest BCUT2D eigenvalue weighted by atomic mass is 19.5. The first kappa shape index (κ1) is 25.8. The van der Waals surface area contributed by atoms with E-state index in [0.29, 0.717) is 0 Å². The summed E-state index contributed by atoms with van der Waals surface area (Å²) in [5, 5.41) is 9.18. The second-order valence-corrected chi connectivity index (χ2v) is 4.55. The highest BCUT2D eigenvalue weighted by Gasteiger charge is 2.26. The Labute approximate surface area is 123 Å². The Morgan fingerprint density at radius 2 is 1.23 bits per heavy atom. The van der Waals surface area contributed by atoms with E-state index in [0.717, 1.165) is 30.7 Å². The topological polar surface area (TPSA) is 92.2 Å². The van der Waals surface area contributed by atoms with E-state index in [-0.39, 0.29) is 0 Å². The number of alkyl halides is 7. The smallest absolute Gasteiger partial charge is 0.550 e. The minimum Gasteiger partial charge on any atom is -0.550 e. The number of carboxylic acids is 1. The van der Waals surface area contributed by atoms with E-state index >= 15 is 0 Å². The number of halogens is 7. The minimum absolute atomic E-state index is 0.743. The van der Waals surface area contributed by atoms with E-state index in [9.17, 15) is 40.6 Å². The Morgan fingerprint density at radius 3 is 1.32 bits per heavy atom. The van der Waals surface area contributed by atoms with E-state index in [1.165, 1.54) is 0 Å². The SMILES string of the molecule is C[N+](C)(CCN)CCN.FC(F)(F)F.O=C([O-])CC(F)(F)F. The van der Waals surface area contributed by atoms with Crippen molar-refractivity contribution in [2.45, 2.75) is 19.0 Å². The predicted octanol–water partition coefficient (Wildman–Crippen LogP) is 0.145. The van der Waals surface area contributed by atoms with Crippen molar-refractivity contribution in [3.05, 3.63) is 0 Å². The molecule has 0 aromatic rings. The van der Waals surface area contributed by atoms with Crippen LogP contribution < -0.4 is 16.6 Å². The van der Waals surface area contributed by atoms with Crippen molar-refractivity contribution in [2.24, 2.45) is 11.5 Å². The van der Waals surface area contributed by atoms with Crippen LogP contribution in [0.25, 0.3) is 0 Å². The van der Waals surface area contributed by atoms with Crippen molar-refractivity contribution in [1.29, 1.82) is 0 Å². The summed E-state index contributed by atoms with van der Waals surface area (Å²) in [6.45, 7) is 3.51. The van der Waals surface area contributed by atoms with Crippen LogP contribution in [-0.4, -0.2) is 63.3 Å². The molecule has 0 bridgehead atoms. The molecular formula is C10H20F7N3O2. The Bertz CT molecular complexity index is 279. The van der Waals surface area contributed by atoms with Crippen molar-refractivity contribution in [3.63, 3.8) is 0 Å². The zero-order valence-electron chi connectivity index (χ0n) is 12.1. The fraction of sp³-hybridized carbons (Fsp3) is 0.900. The third-order valence-electron chi connectivity index (χ3n) is 1.81. The van der Waals surface area contributed by atoms with Gasteiger partial charge < -0.3 is 25.9 Å². The largest absolute Gasteiger partial charge is 0.559 e. The van der Waals surface area contributed by atoms with E-state index < -0.39 is 25.0 Å². The lowest BCUT2D eigenvalue weighted by atomic mass is 10.4. The molecule has 0 aromatic carbocycles. The molecule has 4 N–H and O–H groups in total. The van der Waals surface area contributed by atoms with Gasteiger partial charge in [-0.2, -0.15) is 13.2 Å². The number of nitrogens with two attached hydrogens (primary N) is 2. The van der Waals surface area contributed by atoms with Crippen LogP contribution in [0, 0.1) is 0 Å². The van der Waals surface area contributed by atoms with E-state index in [1.807, 2.05) is 0 Å². The molecule has 0 aliphatic heterocycles. The number of quaternary nitrogens is 1. The van der Waals surface area contributed by atoms with Gasteiger partial charge in [0.15, 0.2) is 0 Å². The van der Waals surface area contributed by atoms with Crippen molar-refractivity contribution in [2.75, 3.05) is 40.3 Å². The first-order chi connectivity index (χ1) is 9.54. The summed E-state index contributed by atoms with van der Waals surface area (Å²) < 4.78 is 72.3. The van der Waals surface area contributed by atoms with Crippen LogP contribution >= 0.6 is 0 Å². The molecule has 136 valence electrons. The molecule has 0 aliphatic rings. The quantitative estimate of drug-likeness (QED) is 0.547. The maximum absolute atomic E-state index is 10.9. The minimum atomic E-state index is -5.50. The lowest BCUT2D eigenvalue weighted by Gasteiger charge is -2.28. The van der Waals surface area contributed by atoms with Crippen molar-refractivity contribution in [3.8, 4) is 0 Å². The normalized spacial score (nSPS) is 11.8. The second-order valence-electron chi connectivity index (χ2n) is 4.55. The van der Waals surface area contributed by atoms with Gasteiger partial charge in [0.05, 0.1) is 39.6 Å². The standard InChI is InChI=1S/C6H18N3.C3H3F3O2.CF4/c1-9(2,5-3-7)6-4-8;4-3(5,6)1-2(7)8;2-1(3,4)5/h3-8H2,1-2H3;1H2,(H,7,8);/q+1;;/p-1. The monoisotopic (exact) mass is 347 g/mol. The summed E-state index contributed by atoms with van der Waals surface area (Å²) >= 11 is 0. The van der Waals surface area contributed by atoms with E-state index in [4.69, 9.17) is 11.5 Å². The number of carbonyl (C=O) groups is 1. The number of rotatable bonds is 5. The zero-order chi connectivity index (χ0) is 18.6. The van der Waals surface area contributed by atoms with Crippen LogP contribution in [0.3, 0.4) is 0 Å². The number of hydrogen-bond acceptors (Lipinski definition) is 4. The van der Waals surface area contributed by atoms with Gasteiger partial charge in [0.1, 0.15) is 0 Å². The number of likely N-dealkylation sites (N-methyl/N-ethyl adjacent to an activating group) is 1. The molecule has 0 aromatic heterocycles. The molecule has 0 saturated carbocycles. The van der Waals surface area contributed by atoms with Crippen molar-refractivity contribution < 1.29 is 45.1 Å². The van der Waals surface area contributed by atoms with Gasteiger partial charge in [-0.3, -0.25) is 0 Å². The summed E-state index contributed by atoms with van der Waals surface area (Å²) in [7, 11) is 4.28. The number of carboxylic acid groups (broad SMARTS) is 1. The van der Waals surface area contributed by atoms with E-state index in [2.05, 4.69) is 14.1 Å². The molecule has 0 radical (unpaired) electrons. The third kappa shape index (κ3) is 42.8. The molecule has 0 atom stereocenters. The fourth-order valence-electron chi connectivity index (χ4n) is 0.974. The summed E-state index contributed by atoms with van der Waals surface area (Å²) in [6, 6.07) is 0. The van der Waals surface area contributed by atoms with Crippen molar-refractivity contribution >= 4 is 5.97 Å². The zero-order valence-corrected chi connectivity index (χ0v) is 12.1. The summed E-state index contributed by atoms with van der Waals surface area (Å²) in [5.74, 6) is -2.10. The van der Waals surface area contributed by atoms with Crippen LogP contribution in [0.5, 0.6) is 0 Å². The predicted molar refractivity (Wildman–Crippen MR) is 62.8 cm³/mol. The van der Waals surface area contributed by atoms with Crippen LogP contribution in [0.2, 0.25) is 0 Å². The van der Waals surface area contributed by atoms with Gasteiger partial charge >= 0.3 is 12.6 Å². The number of nitrogens with zero attached hydrogens (tertiary/aromatic N) is 1. The average Bonchev–Trinajstić information content (AvgIpc) is 2.10. The van der Waals surface area contributed by atoms with Gasteiger partial charge in [0, 0.05) is 13.1 Å². The first-order valence-electron chi connectivity index (χ1n) is 5.78. The highest BCUT2D eigenvalue weighted by molar-refractivity contribution is 5.64. The molecular weight excluding hydrogens is 327 g/mol. The molecule has 0 aliphatic carbocycles. The Kier molecular flexibility index (Phi) is 13.4. The second kappa shape index (κ2) is 11.4. The van der Waals surface area contributed by atoms with Crippen molar-refractivity contribution in [1.82, 2.24) is 0 Å². The lowest BCUT2D eigenvalue weighted by molar-refractivity contribution is -0.887. The molecule has 5 nitrogen and oxygen atoms in total. The lowest BCUT2D eigenvalue weighted by Crippen LogP contribution is -2.46. The molecule has 0 unspecified atom stereocenters. The van der Waals surface area contributed by atoms with Crippen LogP contribution in [-0.2, 0) is 4.79 Å². The number of aliphatic carboxylic acids is 1. The molecule has 0 heterocycles. The van der Waals surface area contributed by atoms with Crippen LogP contribution in [0.15, 0.2) is 0 Å². The summed E-state index contributed by atoms with van der Waals surface area (Å²) in [5.41, 5.74) is 10.8. The third-order valence-corrected chi connectivity index (χ3v) is 1.81. The summed E-state index contributed by atoms with van der Waals surface area (Å²) in [4.78, 5) is 9.18. The highest BCUT2D eigenvalue weighted by Crippen LogP contribution is 2.17. The molecule has 12 heteroatoms. The van der Waals surface area contributed by atoms with Gasteiger partial charge in [0.2, 0.25) is 0 Å². The molecule has 22 heavy (non-hydrogen) atoms. The molecule has 0 spiro atoms. The number of carbonyl (C=O) groups excluding carboxylic acids is 1. The average molecular weight is 347 g/mol. The Hall–Kier alpha value is -1.14. The molecule has 0 saturated heterocycles. The Morgan fingerprint density at radius 1 is 0.955 bits per heavy atom. The molecule has 0 fully saturated rings. The number of hydrogen-bond donors (Lipinski definition) is 2. The van der Waals surface area contributed by atoms with Gasteiger partial charge in [-0.1, -0.05) is 0 Å². The fourth-order valence-corrected chi connectivity index (χ4v) is 0.974. The first-order valence-corrected chi connectivity index (χ1v) is 5.78. The molecule has 0 amide bonds. The van der Waals surface area contributed by atoms with Crippen LogP contribution in [0.1, 0.15) is 6.42 Å². The maximum Gasteiger partial charge on any atom is 0.559 e. The van der Waals surface area contributed by atoms with Gasteiger partial charge in [-0.05, 0) is 0 Å². The van der Waals surface area contributed by atoms with Gasteiger partial charge in [0.25, 0.3) is 0 Å². The Balaban J connectivity index is -0.000000257. The van der Waals surface area contributed by atoms with Gasteiger partial charge in [-0.25, -0.2) is 0 Å². The molecule has 0 rings (SSSR count). The van der Waals surface area contributed by atoms with Gasteiger partial charge in [-0.15, -0.1) is 17.6 Å². The van der Waals surface area contributed by atoms with Crippen LogP contribution in [0.4, 0.5) is 30.7 Å².